The molecule has 380 valence electrons. The molecule has 0 radical (unpaired) electrons. The molecule has 0 atom stereocenters. The fraction of sp³-hybridized carbons (Fsp3) is 0.108. The summed E-state index contributed by atoms with van der Waals surface area (Å²) < 4.78 is 6.93. The molecule has 0 unspecified atom stereocenters. The van der Waals surface area contributed by atoms with Crippen molar-refractivity contribution in [3.05, 3.63) is 272 Å². The van der Waals surface area contributed by atoms with Gasteiger partial charge in [-0.3, -0.25) is 0 Å². The second kappa shape index (κ2) is 19.0. The second-order valence-electron chi connectivity index (χ2n) is 23.7. The molecule has 79 heavy (non-hydrogen) atoms. The zero-order valence-corrected chi connectivity index (χ0v) is 48.6. The van der Waals surface area contributed by atoms with Crippen LogP contribution in [-0.2, 0) is 10.8 Å². The fourth-order valence-corrected chi connectivity index (χ4v) is 24.3. The summed E-state index contributed by atoms with van der Waals surface area (Å²) in [7, 11) is 0. The Labute approximate surface area is 472 Å². The summed E-state index contributed by atoms with van der Waals surface area (Å²) >= 11 is -1.83. The minimum absolute atomic E-state index is 0.00340. The molecule has 0 saturated carbocycles. The quantitative estimate of drug-likeness (QED) is 0.140. The molecular weight excluding hydrogens is 1030 g/mol. The summed E-state index contributed by atoms with van der Waals surface area (Å²) in [5.41, 5.74) is 17.4. The van der Waals surface area contributed by atoms with Crippen LogP contribution in [0.2, 0.25) is 0 Å². The van der Waals surface area contributed by atoms with Crippen LogP contribution >= 0.6 is 11.3 Å². The average Bonchev–Trinajstić information content (AvgIpc) is 2.99. The molecule has 14 rings (SSSR count). The minimum atomic E-state index is -3.77. The number of hydrogen-bond donors (Lipinski definition) is 0. The SMILES string of the molecule is CC(C)(C)c1ccc(N2c3c[c]([Ge]([c]4ccccc4)([c]4ccccc4)[c]4ccccc4)ccc3B3c4c2cc(C(C)(C)C)cc4N(c2ccc(-c4cccc5ccccc45)cc2)c2sc4cc(-c5ccccc5)ccc4c23)cc1. The first-order valence-electron chi connectivity index (χ1n) is 27.9. The molecule has 2 nitrogen and oxygen atoms in total. The van der Waals surface area contributed by atoms with Crippen LogP contribution in [0.4, 0.5) is 33.4 Å². The van der Waals surface area contributed by atoms with E-state index in [0.717, 1.165) is 11.4 Å². The molecule has 0 saturated heterocycles. The Hall–Kier alpha value is -8.15. The third kappa shape index (κ3) is 8.13. The van der Waals surface area contributed by atoms with E-state index in [1.54, 1.807) is 0 Å². The van der Waals surface area contributed by atoms with Gasteiger partial charge in [0.25, 0.3) is 0 Å². The number of rotatable bonds is 8. The van der Waals surface area contributed by atoms with Gasteiger partial charge in [0.05, 0.1) is 0 Å². The Morgan fingerprint density at radius 2 is 0.899 bits per heavy atom. The summed E-state index contributed by atoms with van der Waals surface area (Å²) in [6.45, 7) is 14.0. The van der Waals surface area contributed by atoms with Gasteiger partial charge in [-0.15, -0.1) is 0 Å². The molecule has 0 bridgehead atoms. The van der Waals surface area contributed by atoms with E-state index in [-0.39, 0.29) is 17.5 Å². The number of nitrogens with zero attached hydrogens (tertiary/aromatic N) is 2. The van der Waals surface area contributed by atoms with Gasteiger partial charge in [0, 0.05) is 0 Å². The number of hydrogen-bond acceptors (Lipinski definition) is 3. The summed E-state index contributed by atoms with van der Waals surface area (Å²) in [4.78, 5) is 5.28. The monoisotopic (exact) mass is 1090 g/mol. The van der Waals surface area contributed by atoms with E-state index in [4.69, 9.17) is 0 Å². The Kier molecular flexibility index (Phi) is 11.9. The molecule has 0 N–H and O–H groups in total. The van der Waals surface area contributed by atoms with Gasteiger partial charge >= 0.3 is 399 Å². The van der Waals surface area contributed by atoms with Crippen molar-refractivity contribution >= 4 is 120 Å². The molecule has 2 aliphatic rings. The Morgan fingerprint density at radius 1 is 0.367 bits per heavy atom. The molecule has 0 spiro atoms. The van der Waals surface area contributed by atoms with Crippen molar-refractivity contribution in [1.29, 1.82) is 0 Å². The van der Waals surface area contributed by atoms with Crippen LogP contribution in [0.1, 0.15) is 52.7 Å². The Balaban J connectivity index is 1.08. The summed E-state index contributed by atoms with van der Waals surface area (Å²) in [6.07, 6.45) is 0. The number of benzene rings is 11. The summed E-state index contributed by atoms with van der Waals surface area (Å²) in [5, 5.41) is 5.10. The van der Waals surface area contributed by atoms with E-state index in [1.807, 2.05) is 11.3 Å². The van der Waals surface area contributed by atoms with Crippen LogP contribution in [0.5, 0.6) is 0 Å². The molecule has 5 heteroatoms. The van der Waals surface area contributed by atoms with Gasteiger partial charge in [0.2, 0.25) is 0 Å². The summed E-state index contributed by atoms with van der Waals surface area (Å²) in [5.74, 6) is 0. The van der Waals surface area contributed by atoms with Crippen LogP contribution < -0.4 is 43.8 Å². The van der Waals surface area contributed by atoms with Crippen molar-refractivity contribution in [3.63, 3.8) is 0 Å². The van der Waals surface area contributed by atoms with Gasteiger partial charge in [0.1, 0.15) is 0 Å². The second-order valence-corrected chi connectivity index (χ2v) is 32.7. The van der Waals surface area contributed by atoms with Crippen LogP contribution in [-0.4, -0.2) is 20.0 Å². The van der Waals surface area contributed by atoms with Gasteiger partial charge < -0.3 is 0 Å². The predicted molar refractivity (Wildman–Crippen MR) is 345 cm³/mol. The molecule has 12 aromatic rings. The normalized spacial score (nSPS) is 13.1. The van der Waals surface area contributed by atoms with E-state index < -0.39 is 13.3 Å². The predicted octanol–water partition coefficient (Wildman–Crippen LogP) is 15.4. The van der Waals surface area contributed by atoms with Crippen molar-refractivity contribution in [3.8, 4) is 22.3 Å². The van der Waals surface area contributed by atoms with E-state index in [0.29, 0.717) is 0 Å². The molecular formula is C74H61BGeN2S. The zero-order valence-electron chi connectivity index (χ0n) is 45.7. The number of fused-ring (bicyclic) bond motifs is 7. The molecule has 1 aromatic heterocycles. The first-order chi connectivity index (χ1) is 38.4. The summed E-state index contributed by atoms with van der Waals surface area (Å²) in [6, 6.07) is 99.6. The van der Waals surface area contributed by atoms with Crippen molar-refractivity contribution in [2.24, 2.45) is 0 Å². The van der Waals surface area contributed by atoms with Crippen LogP contribution in [0.25, 0.3) is 43.1 Å². The number of anilines is 6. The van der Waals surface area contributed by atoms with Gasteiger partial charge in [-0.25, -0.2) is 0 Å². The molecule has 3 heterocycles. The van der Waals surface area contributed by atoms with E-state index in [9.17, 15) is 0 Å². The standard InChI is InChI=1S/C74H61BGeN2S/c1-73(2,3)54-37-42-60(43-38-54)77-66-49-59(76(56-26-13-8-14-27-56,57-28-15-9-16-29-57)58-30-17-10-18-31-58)39-45-65(66)75-70-64-44-36-53(50-22-11-7-12-23-50)46-69(64)79-72(70)78(68-48-55(74(4,5)6)47-67(77)71(68)75)61-40-34-52(35-41-61)63-33-21-25-51-24-19-20-32-62(51)63/h7-49H,1-6H3. The Bertz CT molecular complexity index is 4150. The topological polar surface area (TPSA) is 6.48 Å². The number of thiophene rings is 1. The van der Waals surface area contributed by atoms with Gasteiger partial charge in [-0.05, 0) is 16.3 Å². The molecule has 0 amide bonds. The Morgan fingerprint density at radius 3 is 1.52 bits per heavy atom. The molecule has 2 aliphatic heterocycles. The third-order valence-electron chi connectivity index (χ3n) is 16.9. The van der Waals surface area contributed by atoms with Crippen molar-refractivity contribution in [2.45, 2.75) is 52.4 Å². The molecule has 11 aromatic carbocycles. The maximum absolute atomic E-state index is 3.77. The third-order valence-corrected chi connectivity index (χ3v) is 28.1. The fourth-order valence-electron chi connectivity index (χ4n) is 13.0. The van der Waals surface area contributed by atoms with Crippen LogP contribution in [0.3, 0.4) is 0 Å². The van der Waals surface area contributed by atoms with Crippen molar-refractivity contribution in [1.82, 2.24) is 0 Å². The van der Waals surface area contributed by atoms with Crippen LogP contribution in [0, 0.1) is 0 Å². The van der Waals surface area contributed by atoms with E-state index in [2.05, 4.69) is 312 Å². The first kappa shape index (κ1) is 49.2. The molecule has 0 fully saturated rings. The van der Waals surface area contributed by atoms with Gasteiger partial charge in [-0.1, -0.05) is 60.7 Å². The van der Waals surface area contributed by atoms with Crippen molar-refractivity contribution in [2.75, 3.05) is 9.80 Å². The van der Waals surface area contributed by atoms with Gasteiger partial charge in [-0.2, -0.15) is 0 Å². The van der Waals surface area contributed by atoms with E-state index >= 15 is 0 Å². The first-order valence-corrected chi connectivity index (χ1v) is 32.9. The van der Waals surface area contributed by atoms with Crippen molar-refractivity contribution < 1.29 is 0 Å². The molecule has 0 aliphatic carbocycles. The average molecular weight is 1090 g/mol. The van der Waals surface area contributed by atoms with Crippen LogP contribution in [0.15, 0.2) is 261 Å². The zero-order chi connectivity index (χ0) is 53.6. The van der Waals surface area contributed by atoms with Gasteiger partial charge in [0.15, 0.2) is 0 Å². The van der Waals surface area contributed by atoms with E-state index in [1.165, 1.54) is 110 Å². The maximum atomic E-state index is 2.65.